The van der Waals surface area contributed by atoms with E-state index in [4.69, 9.17) is 5.73 Å². The number of pyridine rings is 1. The van der Waals surface area contributed by atoms with Crippen molar-refractivity contribution in [2.24, 2.45) is 0 Å². The second kappa shape index (κ2) is 5.44. The predicted octanol–water partition coefficient (Wildman–Crippen LogP) is 0.709. The Kier molecular flexibility index (Phi) is 4.19. The number of nitrogens with one attached hydrogen (secondary N) is 1. The average Bonchev–Trinajstić information content (AvgIpc) is 2.19. The van der Waals surface area contributed by atoms with Crippen LogP contribution in [0.15, 0.2) is 18.3 Å². The van der Waals surface area contributed by atoms with Crippen LogP contribution in [0.25, 0.3) is 0 Å². The molecule has 1 rings (SSSR count). The maximum absolute atomic E-state index is 5.51. The van der Waals surface area contributed by atoms with Crippen LogP contribution in [0.3, 0.4) is 0 Å². The van der Waals surface area contributed by atoms with E-state index in [2.05, 4.69) is 22.2 Å². The SMILES string of the molecule is CNCCCN(C)c1ccc(N)nc1. The lowest BCUT2D eigenvalue weighted by Crippen LogP contribution is -2.22. The van der Waals surface area contributed by atoms with Crippen LogP contribution in [0.1, 0.15) is 6.42 Å². The molecule has 1 aromatic rings. The van der Waals surface area contributed by atoms with Gasteiger partial charge in [-0.15, -0.1) is 0 Å². The quantitative estimate of drug-likeness (QED) is 0.678. The average molecular weight is 194 g/mol. The van der Waals surface area contributed by atoms with Gasteiger partial charge in [-0.25, -0.2) is 4.98 Å². The number of hydrogen-bond donors (Lipinski definition) is 2. The molecule has 4 nitrogen and oxygen atoms in total. The second-order valence-corrected chi connectivity index (χ2v) is 3.32. The minimum absolute atomic E-state index is 0.567. The summed E-state index contributed by atoms with van der Waals surface area (Å²) < 4.78 is 0. The fourth-order valence-electron chi connectivity index (χ4n) is 1.25. The molecular formula is C10H18N4. The molecule has 0 saturated carbocycles. The molecular weight excluding hydrogens is 176 g/mol. The van der Waals surface area contributed by atoms with Crippen molar-refractivity contribution in [1.29, 1.82) is 0 Å². The van der Waals surface area contributed by atoms with Crippen LogP contribution in [0.5, 0.6) is 0 Å². The molecule has 0 aliphatic carbocycles. The van der Waals surface area contributed by atoms with Gasteiger partial charge >= 0.3 is 0 Å². The minimum Gasteiger partial charge on any atom is -0.384 e. The van der Waals surface area contributed by atoms with Crippen LogP contribution in [-0.4, -0.2) is 32.2 Å². The van der Waals surface area contributed by atoms with Gasteiger partial charge in [0.15, 0.2) is 0 Å². The van der Waals surface area contributed by atoms with Crippen LogP contribution in [0, 0.1) is 0 Å². The Morgan fingerprint density at radius 2 is 2.29 bits per heavy atom. The number of nitrogens with zero attached hydrogens (tertiary/aromatic N) is 2. The summed E-state index contributed by atoms with van der Waals surface area (Å²) in [5, 5.41) is 3.12. The lowest BCUT2D eigenvalue weighted by Gasteiger charge is -2.18. The van der Waals surface area contributed by atoms with Crippen LogP contribution >= 0.6 is 0 Å². The predicted molar refractivity (Wildman–Crippen MR) is 60.5 cm³/mol. The van der Waals surface area contributed by atoms with E-state index in [9.17, 15) is 0 Å². The van der Waals surface area contributed by atoms with Gasteiger partial charge in [0.25, 0.3) is 0 Å². The fourth-order valence-corrected chi connectivity index (χ4v) is 1.25. The van der Waals surface area contributed by atoms with Gasteiger partial charge in [0.2, 0.25) is 0 Å². The Hall–Kier alpha value is -1.29. The van der Waals surface area contributed by atoms with Gasteiger partial charge in [0, 0.05) is 13.6 Å². The summed E-state index contributed by atoms with van der Waals surface area (Å²) in [5.41, 5.74) is 6.62. The lowest BCUT2D eigenvalue weighted by molar-refractivity contribution is 0.712. The zero-order valence-electron chi connectivity index (χ0n) is 8.83. The standard InChI is InChI=1S/C10H18N4/c1-12-6-3-7-14(2)9-4-5-10(11)13-8-9/h4-5,8,12H,3,6-7H2,1-2H3,(H2,11,13). The van der Waals surface area contributed by atoms with Crippen LogP contribution < -0.4 is 16.0 Å². The summed E-state index contributed by atoms with van der Waals surface area (Å²) in [6.07, 6.45) is 2.92. The maximum Gasteiger partial charge on any atom is 0.123 e. The summed E-state index contributed by atoms with van der Waals surface area (Å²) in [5.74, 6) is 0.567. The molecule has 0 aromatic carbocycles. The first kappa shape index (κ1) is 10.8. The number of aromatic nitrogens is 1. The van der Waals surface area contributed by atoms with E-state index in [0.717, 1.165) is 25.2 Å². The van der Waals surface area contributed by atoms with Gasteiger partial charge in [0.1, 0.15) is 5.82 Å². The third-order valence-electron chi connectivity index (χ3n) is 2.13. The van der Waals surface area contributed by atoms with Crippen molar-refractivity contribution in [3.63, 3.8) is 0 Å². The monoisotopic (exact) mass is 194 g/mol. The highest BCUT2D eigenvalue weighted by atomic mass is 15.1. The summed E-state index contributed by atoms with van der Waals surface area (Å²) in [6, 6.07) is 3.81. The molecule has 0 saturated heterocycles. The molecule has 4 heteroatoms. The van der Waals surface area contributed by atoms with Crippen LogP contribution in [0.2, 0.25) is 0 Å². The summed E-state index contributed by atoms with van der Waals surface area (Å²) in [7, 11) is 4.02. The third kappa shape index (κ3) is 3.22. The van der Waals surface area contributed by atoms with Crippen molar-refractivity contribution in [3.8, 4) is 0 Å². The zero-order valence-corrected chi connectivity index (χ0v) is 8.83. The smallest absolute Gasteiger partial charge is 0.123 e. The number of anilines is 2. The molecule has 0 aliphatic rings. The molecule has 14 heavy (non-hydrogen) atoms. The van der Waals surface area contributed by atoms with Gasteiger partial charge < -0.3 is 16.0 Å². The Morgan fingerprint density at radius 3 is 2.86 bits per heavy atom. The van der Waals surface area contributed by atoms with E-state index in [1.807, 2.05) is 19.2 Å². The van der Waals surface area contributed by atoms with Gasteiger partial charge in [-0.3, -0.25) is 0 Å². The topological polar surface area (TPSA) is 54.2 Å². The molecule has 1 aromatic heterocycles. The fraction of sp³-hybridized carbons (Fsp3) is 0.500. The Labute approximate surface area is 85.1 Å². The van der Waals surface area contributed by atoms with E-state index in [0.29, 0.717) is 5.82 Å². The lowest BCUT2D eigenvalue weighted by atomic mass is 10.3. The van der Waals surface area contributed by atoms with E-state index < -0.39 is 0 Å². The molecule has 0 unspecified atom stereocenters. The Balaban J connectivity index is 2.43. The first-order valence-electron chi connectivity index (χ1n) is 4.81. The molecule has 0 amide bonds. The molecule has 0 atom stereocenters. The molecule has 0 fully saturated rings. The van der Waals surface area contributed by atoms with E-state index in [1.165, 1.54) is 0 Å². The molecule has 1 heterocycles. The third-order valence-corrected chi connectivity index (χ3v) is 2.13. The minimum atomic E-state index is 0.567. The van der Waals surface area contributed by atoms with Gasteiger partial charge in [-0.05, 0) is 32.1 Å². The van der Waals surface area contributed by atoms with Crippen LogP contribution in [0.4, 0.5) is 11.5 Å². The highest BCUT2D eigenvalue weighted by molar-refractivity contribution is 5.47. The van der Waals surface area contributed by atoms with Crippen molar-refractivity contribution in [2.75, 3.05) is 37.8 Å². The van der Waals surface area contributed by atoms with Gasteiger partial charge in [0.05, 0.1) is 11.9 Å². The molecule has 0 aliphatic heterocycles. The van der Waals surface area contributed by atoms with Crippen molar-refractivity contribution >= 4 is 11.5 Å². The molecule has 0 bridgehead atoms. The number of nitrogen functional groups attached to an aromatic ring is 1. The van der Waals surface area contributed by atoms with Crippen LogP contribution in [-0.2, 0) is 0 Å². The van der Waals surface area contributed by atoms with Gasteiger partial charge in [-0.1, -0.05) is 0 Å². The summed E-state index contributed by atoms with van der Waals surface area (Å²) in [6.45, 7) is 2.05. The first-order chi connectivity index (χ1) is 6.74. The number of nitrogens with two attached hydrogens (primary N) is 1. The molecule has 0 spiro atoms. The van der Waals surface area contributed by atoms with E-state index >= 15 is 0 Å². The molecule has 78 valence electrons. The Morgan fingerprint density at radius 1 is 1.50 bits per heavy atom. The summed E-state index contributed by atoms with van der Waals surface area (Å²) >= 11 is 0. The normalized spacial score (nSPS) is 10.1. The number of hydrogen-bond acceptors (Lipinski definition) is 4. The molecule has 3 N–H and O–H groups in total. The van der Waals surface area contributed by atoms with Crippen molar-refractivity contribution in [1.82, 2.24) is 10.3 Å². The second-order valence-electron chi connectivity index (χ2n) is 3.32. The number of rotatable bonds is 5. The maximum atomic E-state index is 5.51. The first-order valence-corrected chi connectivity index (χ1v) is 4.81. The zero-order chi connectivity index (χ0) is 10.4. The highest BCUT2D eigenvalue weighted by Gasteiger charge is 1.99. The van der Waals surface area contributed by atoms with Crippen molar-refractivity contribution in [3.05, 3.63) is 18.3 Å². The Bertz CT molecular complexity index is 257. The highest BCUT2D eigenvalue weighted by Crippen LogP contribution is 2.11. The molecule has 0 radical (unpaired) electrons. The van der Waals surface area contributed by atoms with E-state index in [-0.39, 0.29) is 0 Å². The van der Waals surface area contributed by atoms with Gasteiger partial charge in [-0.2, -0.15) is 0 Å². The van der Waals surface area contributed by atoms with Crippen molar-refractivity contribution in [2.45, 2.75) is 6.42 Å². The van der Waals surface area contributed by atoms with E-state index in [1.54, 1.807) is 6.20 Å². The van der Waals surface area contributed by atoms with Crippen molar-refractivity contribution < 1.29 is 0 Å². The summed E-state index contributed by atoms with van der Waals surface area (Å²) in [4.78, 5) is 6.22. The largest absolute Gasteiger partial charge is 0.384 e.